The minimum Gasteiger partial charge on any atom is -0.391 e. The maximum atomic E-state index is 10.5. The van der Waals surface area contributed by atoms with E-state index in [0.717, 1.165) is 0 Å². The van der Waals surface area contributed by atoms with Crippen LogP contribution in [0.4, 0.5) is 0 Å². The molecule has 0 bridgehead atoms. The van der Waals surface area contributed by atoms with Crippen LogP contribution in [0.15, 0.2) is 42.5 Å². The molecule has 1 N–H and O–H groups in total. The van der Waals surface area contributed by atoms with Gasteiger partial charge in [-0.1, -0.05) is 42.5 Å². The molecule has 2 aromatic rings. The predicted octanol–water partition coefficient (Wildman–Crippen LogP) is 3.08. The number of fused-ring (bicyclic) bond motifs is 1. The molecule has 0 aliphatic heterocycles. The van der Waals surface area contributed by atoms with Gasteiger partial charge in [-0.25, -0.2) is 0 Å². The van der Waals surface area contributed by atoms with Crippen molar-refractivity contribution < 1.29 is 5.11 Å². The van der Waals surface area contributed by atoms with E-state index in [0.29, 0.717) is 6.42 Å². The first-order valence-corrected chi connectivity index (χ1v) is 6.75. The molecule has 0 radical (unpaired) electrons. The molecule has 0 saturated heterocycles. The smallest absolute Gasteiger partial charge is 0.0758 e. The number of nitrogens with zero attached hydrogens (tertiary/aromatic N) is 1. The number of hydrogen-bond acceptors (Lipinski definition) is 2. The molecule has 102 valence electrons. The third-order valence-electron chi connectivity index (χ3n) is 4.26. The maximum absolute atomic E-state index is 10.5. The molecule has 19 heavy (non-hydrogen) atoms. The van der Waals surface area contributed by atoms with Crippen molar-refractivity contribution in [3.05, 3.63) is 48.0 Å². The molecular formula is C17H23NO. The second-order valence-electron chi connectivity index (χ2n) is 5.91. The quantitative estimate of drug-likeness (QED) is 0.910. The minimum atomic E-state index is -0.395. The number of aliphatic hydroxyl groups is 1. The van der Waals surface area contributed by atoms with E-state index in [9.17, 15) is 5.11 Å². The monoisotopic (exact) mass is 257 g/mol. The van der Waals surface area contributed by atoms with Gasteiger partial charge in [-0.05, 0) is 44.3 Å². The predicted molar refractivity (Wildman–Crippen MR) is 81.4 cm³/mol. The Morgan fingerprint density at radius 3 is 2.37 bits per heavy atom. The second-order valence-corrected chi connectivity index (χ2v) is 5.91. The van der Waals surface area contributed by atoms with Crippen LogP contribution in [0.2, 0.25) is 0 Å². The highest BCUT2D eigenvalue weighted by Crippen LogP contribution is 2.24. The van der Waals surface area contributed by atoms with Crippen LogP contribution in [0.5, 0.6) is 0 Å². The number of likely N-dealkylation sites (N-methyl/N-ethyl adjacent to an activating group) is 1. The van der Waals surface area contributed by atoms with Crippen LogP contribution in [-0.4, -0.2) is 35.7 Å². The van der Waals surface area contributed by atoms with Gasteiger partial charge in [-0.15, -0.1) is 0 Å². The van der Waals surface area contributed by atoms with Crippen LogP contribution < -0.4 is 0 Å². The summed E-state index contributed by atoms with van der Waals surface area (Å²) in [5.41, 5.74) is 0.970. The summed E-state index contributed by atoms with van der Waals surface area (Å²) < 4.78 is 0. The van der Waals surface area contributed by atoms with E-state index in [4.69, 9.17) is 0 Å². The third kappa shape index (κ3) is 2.80. The number of rotatable bonds is 4. The fourth-order valence-electron chi connectivity index (χ4n) is 2.23. The zero-order chi connectivity index (χ0) is 14.0. The lowest BCUT2D eigenvalue weighted by Gasteiger charge is -2.37. The molecular weight excluding hydrogens is 234 g/mol. The molecule has 0 aliphatic carbocycles. The van der Waals surface area contributed by atoms with Crippen molar-refractivity contribution in [2.45, 2.75) is 31.9 Å². The number of benzene rings is 2. The third-order valence-corrected chi connectivity index (χ3v) is 4.26. The first-order chi connectivity index (χ1) is 8.93. The summed E-state index contributed by atoms with van der Waals surface area (Å²) in [4.78, 5) is 2.07. The average molecular weight is 257 g/mol. The number of aliphatic hydroxyl groups excluding tert-OH is 1. The summed E-state index contributed by atoms with van der Waals surface area (Å²) in [5, 5.41) is 13.0. The van der Waals surface area contributed by atoms with Gasteiger partial charge in [0.15, 0.2) is 0 Å². The zero-order valence-electron chi connectivity index (χ0n) is 12.2. The van der Waals surface area contributed by atoms with Gasteiger partial charge in [-0.2, -0.15) is 0 Å². The summed E-state index contributed by atoms with van der Waals surface area (Å²) in [5.74, 6) is 0. The maximum Gasteiger partial charge on any atom is 0.0758 e. The van der Waals surface area contributed by atoms with Gasteiger partial charge < -0.3 is 10.0 Å². The average Bonchev–Trinajstić information content (AvgIpc) is 2.39. The van der Waals surface area contributed by atoms with E-state index in [2.05, 4.69) is 55.1 Å². The summed E-state index contributed by atoms with van der Waals surface area (Å²) in [6.45, 7) is 4.14. The Kier molecular flexibility index (Phi) is 3.93. The molecule has 0 amide bonds. The summed E-state index contributed by atoms with van der Waals surface area (Å²) in [7, 11) is 4.01. The molecule has 0 aromatic heterocycles. The first kappa shape index (κ1) is 14.0. The van der Waals surface area contributed by atoms with Crippen LogP contribution in [0.1, 0.15) is 19.4 Å². The minimum absolute atomic E-state index is 0.239. The SMILES string of the molecule is CN(C)C(C)(C)C(O)Cc1cccc2ccccc12. The van der Waals surface area contributed by atoms with Crippen LogP contribution in [-0.2, 0) is 6.42 Å². The first-order valence-electron chi connectivity index (χ1n) is 6.75. The van der Waals surface area contributed by atoms with E-state index >= 15 is 0 Å². The normalized spacial score (nSPS) is 14.0. The van der Waals surface area contributed by atoms with Crippen molar-refractivity contribution in [2.75, 3.05) is 14.1 Å². The van der Waals surface area contributed by atoms with Crippen molar-refractivity contribution in [3.63, 3.8) is 0 Å². The van der Waals surface area contributed by atoms with Gasteiger partial charge in [0.25, 0.3) is 0 Å². The molecule has 1 atom stereocenters. The highest BCUT2D eigenvalue weighted by molar-refractivity contribution is 5.85. The fraction of sp³-hybridized carbons (Fsp3) is 0.412. The Morgan fingerprint density at radius 1 is 1.05 bits per heavy atom. The van der Waals surface area contributed by atoms with E-state index in [1.165, 1.54) is 16.3 Å². The van der Waals surface area contributed by atoms with Crippen molar-refractivity contribution in [2.24, 2.45) is 0 Å². The Hall–Kier alpha value is -1.38. The van der Waals surface area contributed by atoms with Gasteiger partial charge in [0, 0.05) is 12.0 Å². The van der Waals surface area contributed by atoms with Crippen LogP contribution in [0, 0.1) is 0 Å². The lowest BCUT2D eigenvalue weighted by molar-refractivity contribution is 0.0185. The zero-order valence-corrected chi connectivity index (χ0v) is 12.2. The molecule has 2 heteroatoms. The summed E-state index contributed by atoms with van der Waals surface area (Å²) >= 11 is 0. The van der Waals surface area contributed by atoms with Crippen molar-refractivity contribution in [1.82, 2.24) is 4.90 Å². The molecule has 1 unspecified atom stereocenters. The Bertz CT molecular complexity index is 555. The fourth-order valence-corrected chi connectivity index (χ4v) is 2.23. The molecule has 0 saturated carbocycles. The van der Waals surface area contributed by atoms with E-state index in [-0.39, 0.29) is 5.54 Å². The molecule has 2 rings (SSSR count). The van der Waals surface area contributed by atoms with Gasteiger partial charge in [0.2, 0.25) is 0 Å². The van der Waals surface area contributed by atoms with Gasteiger partial charge >= 0.3 is 0 Å². The Labute approximate surface area is 115 Å². The molecule has 0 fully saturated rings. The van der Waals surface area contributed by atoms with Gasteiger partial charge in [0.05, 0.1) is 6.10 Å². The van der Waals surface area contributed by atoms with Crippen molar-refractivity contribution in [3.8, 4) is 0 Å². The van der Waals surface area contributed by atoms with Crippen LogP contribution in [0.3, 0.4) is 0 Å². The van der Waals surface area contributed by atoms with E-state index < -0.39 is 6.10 Å². The van der Waals surface area contributed by atoms with Crippen molar-refractivity contribution in [1.29, 1.82) is 0 Å². The lowest BCUT2D eigenvalue weighted by atomic mass is 9.89. The Morgan fingerprint density at radius 2 is 1.68 bits per heavy atom. The van der Waals surface area contributed by atoms with Crippen molar-refractivity contribution >= 4 is 10.8 Å². The standard InChI is InChI=1S/C17H23NO/c1-17(2,18(3)4)16(19)12-14-10-7-9-13-8-5-6-11-15(13)14/h5-11,16,19H,12H2,1-4H3. The van der Waals surface area contributed by atoms with Gasteiger partial charge in [-0.3, -0.25) is 0 Å². The topological polar surface area (TPSA) is 23.5 Å². The lowest BCUT2D eigenvalue weighted by Crippen LogP contribution is -2.49. The number of hydrogen-bond donors (Lipinski definition) is 1. The van der Waals surface area contributed by atoms with E-state index in [1.54, 1.807) is 0 Å². The molecule has 0 heterocycles. The molecule has 2 nitrogen and oxygen atoms in total. The Balaban J connectivity index is 2.32. The molecule has 2 aromatic carbocycles. The second kappa shape index (κ2) is 5.32. The largest absolute Gasteiger partial charge is 0.391 e. The molecule has 0 aliphatic rings. The van der Waals surface area contributed by atoms with Gasteiger partial charge in [0.1, 0.15) is 0 Å². The van der Waals surface area contributed by atoms with E-state index in [1.807, 2.05) is 20.2 Å². The molecule has 0 spiro atoms. The highest BCUT2D eigenvalue weighted by atomic mass is 16.3. The summed E-state index contributed by atoms with van der Waals surface area (Å²) in [6, 6.07) is 14.6. The highest BCUT2D eigenvalue weighted by Gasteiger charge is 2.30. The van der Waals surface area contributed by atoms with Crippen LogP contribution in [0.25, 0.3) is 10.8 Å². The summed E-state index contributed by atoms with van der Waals surface area (Å²) in [6.07, 6.45) is 0.278. The van der Waals surface area contributed by atoms with Crippen LogP contribution >= 0.6 is 0 Å².